The van der Waals surface area contributed by atoms with Gasteiger partial charge in [0.2, 0.25) is 0 Å². The SMILES string of the molecule is Cc1ccc(C(=O)NNS(=O)(=O)c2ccc(Cl)nc2)cc1. The van der Waals surface area contributed by atoms with E-state index in [1.807, 2.05) is 11.8 Å². The average Bonchev–Trinajstić information content (AvgIpc) is 2.46. The van der Waals surface area contributed by atoms with Gasteiger partial charge < -0.3 is 0 Å². The van der Waals surface area contributed by atoms with E-state index in [1.54, 1.807) is 24.3 Å². The fraction of sp³-hybridized carbons (Fsp3) is 0.0769. The fourth-order valence-corrected chi connectivity index (χ4v) is 2.37. The number of hydrogen-bond acceptors (Lipinski definition) is 4. The van der Waals surface area contributed by atoms with Crippen LogP contribution in [0.1, 0.15) is 15.9 Å². The number of sulfonamides is 1. The number of amides is 1. The third-order valence-corrected chi connectivity index (χ3v) is 4.08. The Morgan fingerprint density at radius 1 is 1.14 bits per heavy atom. The summed E-state index contributed by atoms with van der Waals surface area (Å²) in [5, 5.41) is 0.178. The zero-order valence-corrected chi connectivity index (χ0v) is 12.6. The Morgan fingerprint density at radius 3 is 2.38 bits per heavy atom. The second kappa shape index (κ2) is 6.21. The highest BCUT2D eigenvalue weighted by Crippen LogP contribution is 2.10. The molecule has 0 atom stereocenters. The molecule has 2 rings (SSSR count). The zero-order valence-electron chi connectivity index (χ0n) is 11.0. The van der Waals surface area contributed by atoms with Crippen LogP contribution in [0.5, 0.6) is 0 Å². The second-order valence-corrected chi connectivity index (χ2v) is 6.31. The number of carbonyl (C=O) groups excluding carboxylic acids is 1. The Bertz CT molecular complexity index is 743. The Morgan fingerprint density at radius 2 is 1.81 bits per heavy atom. The number of hydrogen-bond donors (Lipinski definition) is 2. The maximum atomic E-state index is 11.9. The first kappa shape index (κ1) is 15.4. The number of pyridine rings is 1. The molecule has 2 aromatic rings. The Balaban J connectivity index is 2.06. The Kier molecular flexibility index (Phi) is 4.56. The van der Waals surface area contributed by atoms with Crippen molar-refractivity contribution in [2.75, 3.05) is 0 Å². The predicted octanol–water partition coefficient (Wildman–Crippen LogP) is 1.67. The van der Waals surface area contributed by atoms with Gasteiger partial charge in [-0.3, -0.25) is 10.2 Å². The molecule has 0 fully saturated rings. The molecule has 0 saturated heterocycles. The molecule has 0 saturated carbocycles. The van der Waals surface area contributed by atoms with Gasteiger partial charge in [0.05, 0.1) is 0 Å². The first-order chi connectivity index (χ1) is 9.88. The molecule has 0 radical (unpaired) electrons. The van der Waals surface area contributed by atoms with Crippen LogP contribution in [0.2, 0.25) is 5.15 Å². The van der Waals surface area contributed by atoms with Crippen LogP contribution in [-0.4, -0.2) is 19.3 Å². The molecule has 8 heteroatoms. The van der Waals surface area contributed by atoms with Gasteiger partial charge >= 0.3 is 0 Å². The molecule has 0 bridgehead atoms. The Hall–Kier alpha value is -1.96. The maximum absolute atomic E-state index is 11.9. The van der Waals surface area contributed by atoms with E-state index in [2.05, 4.69) is 10.4 Å². The van der Waals surface area contributed by atoms with Gasteiger partial charge in [0, 0.05) is 11.8 Å². The summed E-state index contributed by atoms with van der Waals surface area (Å²) in [7, 11) is -3.89. The standard InChI is InChI=1S/C13H12ClN3O3S/c1-9-2-4-10(5-3-9)13(18)16-17-21(19,20)11-6-7-12(14)15-8-11/h2-8,17H,1H3,(H,16,18). The first-order valence-electron chi connectivity index (χ1n) is 5.89. The minimum absolute atomic E-state index is 0.101. The van der Waals surface area contributed by atoms with Crippen LogP contribution < -0.4 is 10.3 Å². The molecule has 0 spiro atoms. The van der Waals surface area contributed by atoms with Crippen LogP contribution in [0.25, 0.3) is 0 Å². The highest BCUT2D eigenvalue weighted by Gasteiger charge is 2.16. The summed E-state index contributed by atoms with van der Waals surface area (Å²) in [4.78, 5) is 17.4. The average molecular weight is 326 g/mol. The molecular formula is C13H12ClN3O3S. The summed E-state index contributed by atoms with van der Waals surface area (Å²) in [5.74, 6) is -0.555. The van der Waals surface area contributed by atoms with Crippen LogP contribution >= 0.6 is 11.6 Å². The molecule has 6 nitrogen and oxygen atoms in total. The lowest BCUT2D eigenvalue weighted by Gasteiger charge is -2.08. The number of nitrogens with zero attached hydrogens (tertiary/aromatic N) is 1. The van der Waals surface area contributed by atoms with Crippen molar-refractivity contribution < 1.29 is 13.2 Å². The van der Waals surface area contributed by atoms with Crippen molar-refractivity contribution in [3.05, 3.63) is 58.9 Å². The van der Waals surface area contributed by atoms with E-state index in [0.29, 0.717) is 5.56 Å². The van der Waals surface area contributed by atoms with Gasteiger partial charge in [0.25, 0.3) is 15.9 Å². The monoisotopic (exact) mass is 325 g/mol. The number of aromatic nitrogens is 1. The van der Waals surface area contributed by atoms with Crippen LogP contribution in [-0.2, 0) is 10.0 Å². The summed E-state index contributed by atoms with van der Waals surface area (Å²) in [6.07, 6.45) is 1.10. The van der Waals surface area contributed by atoms with Crippen molar-refractivity contribution in [3.8, 4) is 0 Å². The van der Waals surface area contributed by atoms with E-state index in [1.165, 1.54) is 12.1 Å². The lowest BCUT2D eigenvalue weighted by atomic mass is 10.1. The first-order valence-corrected chi connectivity index (χ1v) is 7.75. The molecule has 0 aliphatic rings. The number of hydrazine groups is 1. The summed E-state index contributed by atoms with van der Waals surface area (Å²) < 4.78 is 23.8. The molecule has 2 N–H and O–H groups in total. The van der Waals surface area contributed by atoms with Crippen LogP contribution in [0.15, 0.2) is 47.5 Å². The zero-order chi connectivity index (χ0) is 15.5. The minimum Gasteiger partial charge on any atom is -0.273 e. The van der Waals surface area contributed by atoms with Gasteiger partial charge in [-0.05, 0) is 31.2 Å². The van der Waals surface area contributed by atoms with Crippen LogP contribution in [0.4, 0.5) is 0 Å². The third-order valence-electron chi connectivity index (χ3n) is 2.62. The highest BCUT2D eigenvalue weighted by atomic mass is 35.5. The highest BCUT2D eigenvalue weighted by molar-refractivity contribution is 7.89. The number of rotatable bonds is 4. The van der Waals surface area contributed by atoms with E-state index < -0.39 is 15.9 Å². The summed E-state index contributed by atoms with van der Waals surface area (Å²) in [6, 6.07) is 9.35. The predicted molar refractivity (Wildman–Crippen MR) is 78.2 cm³/mol. The summed E-state index contributed by atoms with van der Waals surface area (Å²) in [6.45, 7) is 1.89. The third kappa shape index (κ3) is 4.01. The van der Waals surface area contributed by atoms with Gasteiger partial charge in [-0.1, -0.05) is 29.3 Å². The van der Waals surface area contributed by atoms with Gasteiger partial charge in [-0.2, -0.15) is 0 Å². The number of nitrogens with one attached hydrogen (secondary N) is 2. The van der Waals surface area contributed by atoms with Crippen LogP contribution in [0.3, 0.4) is 0 Å². The van der Waals surface area contributed by atoms with E-state index in [0.717, 1.165) is 11.8 Å². The number of halogens is 1. The molecule has 21 heavy (non-hydrogen) atoms. The van der Waals surface area contributed by atoms with Crippen molar-refractivity contribution >= 4 is 27.5 Å². The lowest BCUT2D eigenvalue weighted by Crippen LogP contribution is -2.41. The van der Waals surface area contributed by atoms with Crippen molar-refractivity contribution in [1.29, 1.82) is 0 Å². The van der Waals surface area contributed by atoms with Gasteiger partial charge in [-0.25, -0.2) is 13.4 Å². The largest absolute Gasteiger partial charge is 0.273 e. The molecule has 1 aromatic heterocycles. The molecule has 1 amide bonds. The van der Waals surface area contributed by atoms with Crippen LogP contribution in [0, 0.1) is 6.92 Å². The fourth-order valence-electron chi connectivity index (χ4n) is 1.47. The molecular weight excluding hydrogens is 314 g/mol. The van der Waals surface area contributed by atoms with E-state index in [4.69, 9.17) is 11.6 Å². The minimum atomic E-state index is -3.89. The molecule has 0 aliphatic heterocycles. The van der Waals surface area contributed by atoms with Crippen molar-refractivity contribution in [3.63, 3.8) is 0 Å². The van der Waals surface area contributed by atoms with Crippen molar-refractivity contribution in [1.82, 2.24) is 15.2 Å². The number of benzene rings is 1. The van der Waals surface area contributed by atoms with Gasteiger partial charge in [0.1, 0.15) is 10.0 Å². The molecule has 0 unspecified atom stereocenters. The summed E-state index contributed by atoms with van der Waals surface area (Å²) in [5.41, 5.74) is 3.48. The molecule has 1 heterocycles. The van der Waals surface area contributed by atoms with E-state index in [-0.39, 0.29) is 10.0 Å². The topological polar surface area (TPSA) is 88.2 Å². The number of carbonyl (C=O) groups is 1. The van der Waals surface area contributed by atoms with E-state index in [9.17, 15) is 13.2 Å². The van der Waals surface area contributed by atoms with E-state index >= 15 is 0 Å². The van der Waals surface area contributed by atoms with Gasteiger partial charge in [0.15, 0.2) is 0 Å². The molecule has 1 aromatic carbocycles. The number of aryl methyl sites for hydroxylation is 1. The maximum Gasteiger partial charge on any atom is 0.266 e. The van der Waals surface area contributed by atoms with Crippen molar-refractivity contribution in [2.24, 2.45) is 0 Å². The van der Waals surface area contributed by atoms with Crippen molar-refractivity contribution in [2.45, 2.75) is 11.8 Å². The molecule has 110 valence electrons. The normalized spacial score (nSPS) is 11.1. The lowest BCUT2D eigenvalue weighted by molar-refractivity contribution is 0.0945. The Labute approximate surface area is 127 Å². The smallest absolute Gasteiger partial charge is 0.266 e. The second-order valence-electron chi connectivity index (χ2n) is 4.24. The van der Waals surface area contributed by atoms with Gasteiger partial charge in [-0.15, -0.1) is 4.83 Å². The summed E-state index contributed by atoms with van der Waals surface area (Å²) >= 11 is 5.59. The quantitative estimate of drug-likeness (QED) is 0.661. The molecule has 0 aliphatic carbocycles.